The fourth-order valence-corrected chi connectivity index (χ4v) is 4.25. The van der Waals surface area contributed by atoms with Crippen LogP contribution in [0.2, 0.25) is 0 Å². The first kappa shape index (κ1) is 14.2. The second-order valence-electron chi connectivity index (χ2n) is 7.29. The van der Waals surface area contributed by atoms with Crippen LogP contribution in [0.4, 0.5) is 0 Å². The number of hydrogen-bond acceptors (Lipinski definition) is 3. The number of amides is 1. The van der Waals surface area contributed by atoms with Gasteiger partial charge in [0.1, 0.15) is 0 Å². The largest absolute Gasteiger partial charge is 0.337 e. The second kappa shape index (κ2) is 5.99. The molecule has 3 saturated heterocycles. The summed E-state index contributed by atoms with van der Waals surface area (Å²) in [7, 11) is 0. The monoisotopic (exact) mass is 299 g/mol. The molecule has 4 aliphatic rings. The first-order chi connectivity index (χ1) is 10.8. The number of pyridine rings is 1. The Balaban J connectivity index is 1.46. The van der Waals surface area contributed by atoms with Crippen molar-refractivity contribution in [2.75, 3.05) is 26.2 Å². The Kier molecular flexibility index (Phi) is 3.87. The molecule has 4 heterocycles. The molecule has 4 nitrogen and oxygen atoms in total. The molecular formula is C18H25N3O. The molecule has 0 N–H and O–H groups in total. The van der Waals surface area contributed by atoms with E-state index in [-0.39, 0.29) is 5.91 Å². The van der Waals surface area contributed by atoms with E-state index in [0.29, 0.717) is 12.0 Å². The van der Waals surface area contributed by atoms with Crippen LogP contribution in [-0.2, 0) is 0 Å². The smallest absolute Gasteiger partial charge is 0.254 e. The summed E-state index contributed by atoms with van der Waals surface area (Å²) in [4.78, 5) is 21.6. The molecule has 1 amide bonds. The first-order valence-corrected chi connectivity index (χ1v) is 8.73. The lowest BCUT2D eigenvalue weighted by Crippen LogP contribution is -2.47. The summed E-state index contributed by atoms with van der Waals surface area (Å²) in [5.41, 5.74) is 0.779. The van der Waals surface area contributed by atoms with Crippen LogP contribution in [0.15, 0.2) is 24.5 Å². The van der Waals surface area contributed by atoms with Crippen LogP contribution < -0.4 is 0 Å². The molecule has 0 aromatic carbocycles. The maximum Gasteiger partial charge on any atom is 0.254 e. The molecule has 4 heteroatoms. The average Bonchev–Trinajstić information content (AvgIpc) is 2.82. The number of fused-ring (bicyclic) bond motifs is 4. The van der Waals surface area contributed by atoms with Gasteiger partial charge < -0.3 is 4.90 Å². The number of carbonyl (C=O) groups is 1. The maximum absolute atomic E-state index is 12.7. The van der Waals surface area contributed by atoms with Crippen molar-refractivity contribution in [2.24, 2.45) is 11.8 Å². The molecule has 1 saturated carbocycles. The van der Waals surface area contributed by atoms with E-state index in [0.717, 1.165) is 24.6 Å². The summed E-state index contributed by atoms with van der Waals surface area (Å²) in [6, 6.07) is 4.24. The average molecular weight is 299 g/mol. The summed E-state index contributed by atoms with van der Waals surface area (Å²) in [6.07, 6.45) is 10.2. The fourth-order valence-electron chi connectivity index (χ4n) is 4.25. The third kappa shape index (κ3) is 2.76. The Morgan fingerprint density at radius 2 is 1.91 bits per heavy atom. The molecule has 118 valence electrons. The molecular weight excluding hydrogens is 274 g/mol. The van der Waals surface area contributed by atoms with Crippen molar-refractivity contribution in [1.29, 1.82) is 0 Å². The predicted molar refractivity (Wildman–Crippen MR) is 85.6 cm³/mol. The molecule has 0 radical (unpaired) electrons. The van der Waals surface area contributed by atoms with E-state index in [1.54, 1.807) is 12.4 Å². The number of hydrogen-bond donors (Lipinski definition) is 0. The Morgan fingerprint density at radius 3 is 2.64 bits per heavy atom. The molecule has 2 bridgehead atoms. The first-order valence-electron chi connectivity index (χ1n) is 8.73. The van der Waals surface area contributed by atoms with E-state index >= 15 is 0 Å². The molecule has 2 atom stereocenters. The van der Waals surface area contributed by atoms with Crippen molar-refractivity contribution in [3.8, 4) is 0 Å². The molecule has 1 aromatic heterocycles. The highest BCUT2D eigenvalue weighted by atomic mass is 16.2. The molecule has 0 unspecified atom stereocenters. The normalized spacial score (nSPS) is 29.2. The van der Waals surface area contributed by atoms with Gasteiger partial charge in [-0.25, -0.2) is 0 Å². The van der Waals surface area contributed by atoms with Gasteiger partial charge in [0, 0.05) is 50.2 Å². The highest BCUT2D eigenvalue weighted by Crippen LogP contribution is 2.33. The van der Waals surface area contributed by atoms with E-state index in [1.165, 1.54) is 45.2 Å². The van der Waals surface area contributed by atoms with Gasteiger partial charge in [-0.2, -0.15) is 0 Å². The third-order valence-corrected chi connectivity index (χ3v) is 5.76. The lowest BCUT2D eigenvalue weighted by atomic mass is 9.83. The van der Waals surface area contributed by atoms with Crippen molar-refractivity contribution in [3.63, 3.8) is 0 Å². The summed E-state index contributed by atoms with van der Waals surface area (Å²) in [5.74, 6) is 1.76. The highest BCUT2D eigenvalue weighted by molar-refractivity contribution is 5.94. The van der Waals surface area contributed by atoms with Gasteiger partial charge in [0.05, 0.1) is 0 Å². The van der Waals surface area contributed by atoms with Crippen molar-refractivity contribution >= 4 is 5.91 Å². The van der Waals surface area contributed by atoms with Gasteiger partial charge in [-0.3, -0.25) is 14.7 Å². The summed E-state index contributed by atoms with van der Waals surface area (Å²) in [6.45, 7) is 4.29. The van der Waals surface area contributed by atoms with Gasteiger partial charge in [-0.1, -0.05) is 6.42 Å². The number of piperidine rings is 1. The predicted octanol–water partition coefficient (Wildman–Crippen LogP) is 2.42. The highest BCUT2D eigenvalue weighted by Gasteiger charge is 2.37. The summed E-state index contributed by atoms with van der Waals surface area (Å²) < 4.78 is 0. The van der Waals surface area contributed by atoms with E-state index in [4.69, 9.17) is 0 Å². The van der Waals surface area contributed by atoms with Gasteiger partial charge >= 0.3 is 0 Å². The Morgan fingerprint density at radius 1 is 1.09 bits per heavy atom. The zero-order chi connectivity index (χ0) is 14.9. The van der Waals surface area contributed by atoms with Crippen LogP contribution in [0.25, 0.3) is 0 Å². The van der Waals surface area contributed by atoms with E-state index in [2.05, 4.69) is 14.8 Å². The standard InChI is InChI=1S/C18H25N3O/c22-18(16-6-8-19-9-7-16)21-12-15-4-5-17(13-21)20(11-15)10-14-2-1-3-14/h6-9,14-15,17H,1-5,10-13H2/t15-,17-/m1/s1. The van der Waals surface area contributed by atoms with E-state index in [9.17, 15) is 4.79 Å². The zero-order valence-electron chi connectivity index (χ0n) is 13.2. The summed E-state index contributed by atoms with van der Waals surface area (Å²) in [5, 5.41) is 0. The Hall–Kier alpha value is -1.42. The lowest BCUT2D eigenvalue weighted by molar-refractivity contribution is 0.0717. The van der Waals surface area contributed by atoms with Crippen LogP contribution >= 0.6 is 0 Å². The van der Waals surface area contributed by atoms with E-state index < -0.39 is 0 Å². The number of rotatable bonds is 3. The molecule has 5 rings (SSSR count). The SMILES string of the molecule is O=C(c1ccncc1)N1C[C@@H]2CC[C@H](C1)N(CC1CCC1)C2. The zero-order valence-corrected chi connectivity index (χ0v) is 13.2. The van der Waals surface area contributed by atoms with Crippen LogP contribution in [0, 0.1) is 11.8 Å². The fraction of sp³-hybridized carbons (Fsp3) is 0.667. The van der Waals surface area contributed by atoms with Gasteiger partial charge in [0.2, 0.25) is 0 Å². The van der Waals surface area contributed by atoms with E-state index in [1.807, 2.05) is 12.1 Å². The molecule has 4 fully saturated rings. The minimum absolute atomic E-state index is 0.185. The third-order valence-electron chi connectivity index (χ3n) is 5.76. The van der Waals surface area contributed by atoms with Gasteiger partial charge in [-0.05, 0) is 49.7 Å². The van der Waals surface area contributed by atoms with Crippen LogP contribution in [0.3, 0.4) is 0 Å². The summed E-state index contributed by atoms with van der Waals surface area (Å²) >= 11 is 0. The quantitative estimate of drug-likeness (QED) is 0.860. The number of aromatic nitrogens is 1. The van der Waals surface area contributed by atoms with Crippen molar-refractivity contribution < 1.29 is 4.79 Å². The second-order valence-corrected chi connectivity index (χ2v) is 7.29. The lowest BCUT2D eigenvalue weighted by Gasteiger charge is -2.40. The maximum atomic E-state index is 12.7. The van der Waals surface area contributed by atoms with Crippen LogP contribution in [0.5, 0.6) is 0 Å². The Labute approximate surface area is 132 Å². The minimum Gasteiger partial charge on any atom is -0.337 e. The number of nitrogens with zero attached hydrogens (tertiary/aromatic N) is 3. The molecule has 1 aromatic rings. The van der Waals surface area contributed by atoms with Gasteiger partial charge in [0.15, 0.2) is 0 Å². The van der Waals surface area contributed by atoms with Gasteiger partial charge in [-0.15, -0.1) is 0 Å². The molecule has 22 heavy (non-hydrogen) atoms. The van der Waals surface area contributed by atoms with Crippen molar-refractivity contribution in [1.82, 2.24) is 14.8 Å². The molecule has 0 spiro atoms. The van der Waals surface area contributed by atoms with Gasteiger partial charge in [0.25, 0.3) is 5.91 Å². The minimum atomic E-state index is 0.185. The Bertz CT molecular complexity index is 528. The van der Waals surface area contributed by atoms with Crippen LogP contribution in [0.1, 0.15) is 42.5 Å². The molecule has 1 aliphatic carbocycles. The molecule has 3 aliphatic heterocycles. The van der Waals surface area contributed by atoms with Crippen LogP contribution in [-0.4, -0.2) is 52.9 Å². The van der Waals surface area contributed by atoms with Crippen molar-refractivity contribution in [2.45, 2.75) is 38.1 Å². The van der Waals surface area contributed by atoms with Crippen molar-refractivity contribution in [3.05, 3.63) is 30.1 Å². The number of carbonyl (C=O) groups excluding carboxylic acids is 1. The topological polar surface area (TPSA) is 36.4 Å².